The summed E-state index contributed by atoms with van der Waals surface area (Å²) >= 11 is 3.05. The number of fused-ring (bicyclic) bond motifs is 1. The number of carbonyl (C=O) groups is 1. The minimum absolute atomic E-state index is 0.0683. The van der Waals surface area contributed by atoms with Crippen LogP contribution < -0.4 is 15.2 Å². The van der Waals surface area contributed by atoms with Gasteiger partial charge in [-0.1, -0.05) is 0 Å². The van der Waals surface area contributed by atoms with Crippen LogP contribution in [0.25, 0.3) is 0 Å². The smallest absolute Gasteiger partial charge is 0.312 e. The van der Waals surface area contributed by atoms with Crippen molar-refractivity contribution in [3.63, 3.8) is 0 Å². The maximum Gasteiger partial charge on any atom is 0.312 e. The second kappa shape index (κ2) is 5.75. The van der Waals surface area contributed by atoms with Gasteiger partial charge >= 0.3 is 5.97 Å². The molecule has 0 aromatic heterocycles. The number of hydrogen-bond acceptors (Lipinski definition) is 4. The van der Waals surface area contributed by atoms with E-state index < -0.39 is 17.7 Å². The topological polar surface area (TPSA) is 81.8 Å². The van der Waals surface area contributed by atoms with Crippen molar-refractivity contribution < 1.29 is 23.8 Å². The molecule has 0 aliphatic carbocycles. The van der Waals surface area contributed by atoms with Crippen molar-refractivity contribution in [1.82, 2.24) is 0 Å². The summed E-state index contributed by atoms with van der Waals surface area (Å²) in [6.45, 7) is 0.557. The summed E-state index contributed by atoms with van der Waals surface area (Å²) in [6.07, 6.45) is 0.647. The molecule has 1 atom stereocenters. The predicted molar refractivity (Wildman–Crippen MR) is 69.1 cm³/mol. The van der Waals surface area contributed by atoms with Crippen LogP contribution in [-0.4, -0.2) is 30.8 Å². The fraction of sp³-hybridized carbons (Fsp3) is 0.417. The summed E-state index contributed by atoms with van der Waals surface area (Å²) in [5.41, 5.74) is 5.37. The molecule has 19 heavy (non-hydrogen) atoms. The van der Waals surface area contributed by atoms with Gasteiger partial charge in [-0.25, -0.2) is 4.39 Å². The molecule has 1 heterocycles. The molecule has 3 N–H and O–H groups in total. The van der Waals surface area contributed by atoms with Crippen LogP contribution >= 0.6 is 15.9 Å². The molecule has 0 saturated heterocycles. The maximum atomic E-state index is 14.2. The summed E-state index contributed by atoms with van der Waals surface area (Å²) in [4.78, 5) is 11.2. The van der Waals surface area contributed by atoms with E-state index in [1.807, 2.05) is 0 Å². The Balaban J connectivity index is 2.62. The zero-order valence-corrected chi connectivity index (χ0v) is 11.6. The first-order valence-electron chi connectivity index (χ1n) is 5.76. The number of carboxylic acid groups (broad SMARTS) is 1. The third-order valence-corrected chi connectivity index (χ3v) is 3.42. The van der Waals surface area contributed by atoms with Gasteiger partial charge in [-0.05, 0) is 15.9 Å². The highest BCUT2D eigenvalue weighted by Crippen LogP contribution is 2.42. The van der Waals surface area contributed by atoms with Crippen molar-refractivity contribution in [2.75, 3.05) is 19.8 Å². The number of rotatable bonds is 3. The molecule has 1 aromatic rings. The Kier molecular flexibility index (Phi) is 4.26. The Labute approximate surface area is 117 Å². The number of halogens is 2. The van der Waals surface area contributed by atoms with Crippen LogP contribution in [0.2, 0.25) is 0 Å². The highest BCUT2D eigenvalue weighted by molar-refractivity contribution is 9.10. The van der Waals surface area contributed by atoms with E-state index in [2.05, 4.69) is 15.9 Å². The van der Waals surface area contributed by atoms with Crippen LogP contribution in [0.3, 0.4) is 0 Å². The Hall–Kier alpha value is -1.34. The molecule has 0 amide bonds. The van der Waals surface area contributed by atoms with Gasteiger partial charge in [0.15, 0.2) is 11.5 Å². The van der Waals surface area contributed by atoms with Gasteiger partial charge in [-0.3, -0.25) is 4.79 Å². The molecule has 5 nitrogen and oxygen atoms in total. The number of benzene rings is 1. The van der Waals surface area contributed by atoms with Crippen molar-refractivity contribution >= 4 is 21.9 Å². The standard InChI is InChI=1S/C12H13BrFNO4/c13-7-4-8-11(19-3-1-2-18-8)9(10(7)14)6(5-15)12(16)17/h4,6H,1-3,5,15H2,(H,16,17). The van der Waals surface area contributed by atoms with E-state index in [1.165, 1.54) is 6.07 Å². The molecule has 1 unspecified atom stereocenters. The van der Waals surface area contributed by atoms with Gasteiger partial charge in [0.05, 0.1) is 23.2 Å². The highest BCUT2D eigenvalue weighted by atomic mass is 79.9. The lowest BCUT2D eigenvalue weighted by Crippen LogP contribution is -2.23. The number of aliphatic carboxylic acids is 1. The first kappa shape index (κ1) is 14.1. The van der Waals surface area contributed by atoms with Crippen molar-refractivity contribution in [2.45, 2.75) is 12.3 Å². The summed E-state index contributed by atoms with van der Waals surface area (Å²) < 4.78 is 25.2. The molecule has 1 aliphatic heterocycles. The van der Waals surface area contributed by atoms with E-state index in [0.29, 0.717) is 25.4 Å². The molecule has 1 aliphatic rings. The number of carboxylic acids is 1. The van der Waals surface area contributed by atoms with E-state index in [9.17, 15) is 9.18 Å². The van der Waals surface area contributed by atoms with E-state index in [4.69, 9.17) is 20.3 Å². The van der Waals surface area contributed by atoms with Crippen LogP contribution in [-0.2, 0) is 4.79 Å². The molecule has 1 aromatic carbocycles. The molecular weight excluding hydrogens is 321 g/mol. The van der Waals surface area contributed by atoms with Crippen molar-refractivity contribution in [3.05, 3.63) is 21.9 Å². The zero-order valence-electron chi connectivity index (χ0n) is 9.99. The molecule has 0 bridgehead atoms. The Morgan fingerprint density at radius 1 is 1.53 bits per heavy atom. The third kappa shape index (κ3) is 2.66. The van der Waals surface area contributed by atoms with Gasteiger partial charge < -0.3 is 20.3 Å². The van der Waals surface area contributed by atoms with Crippen LogP contribution in [0.15, 0.2) is 10.5 Å². The van der Waals surface area contributed by atoms with Crippen molar-refractivity contribution in [3.8, 4) is 11.5 Å². The average Bonchev–Trinajstić information content (AvgIpc) is 2.59. The van der Waals surface area contributed by atoms with E-state index in [-0.39, 0.29) is 22.3 Å². The summed E-state index contributed by atoms with van der Waals surface area (Å²) in [7, 11) is 0. The Morgan fingerprint density at radius 3 is 2.84 bits per heavy atom. The van der Waals surface area contributed by atoms with Crippen molar-refractivity contribution in [1.29, 1.82) is 0 Å². The largest absolute Gasteiger partial charge is 0.490 e. The number of ether oxygens (including phenoxy) is 2. The fourth-order valence-corrected chi connectivity index (χ4v) is 2.35. The van der Waals surface area contributed by atoms with Crippen LogP contribution in [0, 0.1) is 5.82 Å². The number of nitrogens with two attached hydrogens (primary N) is 1. The monoisotopic (exact) mass is 333 g/mol. The molecule has 0 radical (unpaired) electrons. The second-order valence-corrected chi connectivity index (χ2v) is 4.94. The molecule has 7 heteroatoms. The third-order valence-electron chi connectivity index (χ3n) is 2.85. The minimum atomic E-state index is -1.20. The van der Waals surface area contributed by atoms with Gasteiger partial charge in [-0.15, -0.1) is 0 Å². The highest BCUT2D eigenvalue weighted by Gasteiger charge is 2.31. The summed E-state index contributed by atoms with van der Waals surface area (Å²) in [5, 5.41) is 9.16. The molecule has 0 saturated carbocycles. The maximum absolute atomic E-state index is 14.2. The van der Waals surface area contributed by atoms with Crippen LogP contribution in [0.5, 0.6) is 11.5 Å². The molecule has 104 valence electrons. The SMILES string of the molecule is NCC(C(=O)O)c1c(F)c(Br)cc2c1OCCCO2. The van der Waals surface area contributed by atoms with Gasteiger partial charge in [0.25, 0.3) is 0 Å². The van der Waals surface area contributed by atoms with Crippen molar-refractivity contribution in [2.24, 2.45) is 5.73 Å². The minimum Gasteiger partial charge on any atom is -0.490 e. The quantitative estimate of drug-likeness (QED) is 0.882. The fourth-order valence-electron chi connectivity index (χ4n) is 1.93. The van der Waals surface area contributed by atoms with Crippen LogP contribution in [0.4, 0.5) is 4.39 Å². The summed E-state index contributed by atoms with van der Waals surface area (Å²) in [5.74, 6) is -2.58. The zero-order chi connectivity index (χ0) is 14.0. The first-order valence-corrected chi connectivity index (χ1v) is 6.56. The lowest BCUT2D eigenvalue weighted by atomic mass is 9.97. The first-order chi connectivity index (χ1) is 9.06. The van der Waals surface area contributed by atoms with Gasteiger partial charge in [0, 0.05) is 19.0 Å². The van der Waals surface area contributed by atoms with Crippen LogP contribution in [0.1, 0.15) is 17.9 Å². The van der Waals surface area contributed by atoms with E-state index in [0.717, 1.165) is 0 Å². The molecule has 0 fully saturated rings. The molecule has 2 rings (SSSR count). The van der Waals surface area contributed by atoms with Gasteiger partial charge in [0.2, 0.25) is 0 Å². The predicted octanol–water partition coefficient (Wildman–Crippen LogP) is 1.88. The second-order valence-electron chi connectivity index (χ2n) is 4.09. The average molecular weight is 334 g/mol. The molecule has 0 spiro atoms. The normalized spacial score (nSPS) is 15.7. The lowest BCUT2D eigenvalue weighted by molar-refractivity contribution is -0.138. The Bertz CT molecular complexity index is 509. The number of hydrogen-bond donors (Lipinski definition) is 2. The van der Waals surface area contributed by atoms with Gasteiger partial charge in [-0.2, -0.15) is 0 Å². The lowest BCUT2D eigenvalue weighted by Gasteiger charge is -2.18. The molecular formula is C12H13BrFNO4. The van der Waals surface area contributed by atoms with E-state index in [1.54, 1.807) is 0 Å². The Morgan fingerprint density at radius 2 is 2.21 bits per heavy atom. The van der Waals surface area contributed by atoms with Gasteiger partial charge in [0.1, 0.15) is 11.7 Å². The van der Waals surface area contributed by atoms with E-state index >= 15 is 0 Å². The summed E-state index contributed by atoms with van der Waals surface area (Å²) in [6, 6.07) is 1.44.